The van der Waals surface area contributed by atoms with E-state index in [0.717, 1.165) is 0 Å². The van der Waals surface area contributed by atoms with Crippen molar-refractivity contribution in [1.82, 2.24) is 5.32 Å². The van der Waals surface area contributed by atoms with Crippen LogP contribution in [0.15, 0.2) is 29.5 Å². The van der Waals surface area contributed by atoms with Gasteiger partial charge in [-0.05, 0) is 38.5 Å². The summed E-state index contributed by atoms with van der Waals surface area (Å²) in [4.78, 5) is 24.5. The Hall–Kier alpha value is -1.56. The van der Waals surface area contributed by atoms with Gasteiger partial charge in [-0.2, -0.15) is 0 Å². The highest BCUT2D eigenvalue weighted by atomic mass is 35.5. The maximum Gasteiger partial charge on any atom is 0.336 e. The number of amides is 1. The number of carbonyl (C=O) groups excluding carboxylic acids is 2. The second-order valence-corrected chi connectivity index (χ2v) is 6.91. The standard InChI is InChI=1S/C18H21Cl2NO4/c1-10(2)24-6-7-25-18(23)17-11(3)21-16(22)9-14(17)13-5-4-12(19)8-15(13)20/h4-5,8,10,14H,6-7,9H2,1-3H3,(H,21,22)/t14-/m0/s1. The summed E-state index contributed by atoms with van der Waals surface area (Å²) in [6.45, 7) is 5.94. The Morgan fingerprint density at radius 2 is 2.04 bits per heavy atom. The van der Waals surface area contributed by atoms with Crippen molar-refractivity contribution in [2.75, 3.05) is 13.2 Å². The summed E-state index contributed by atoms with van der Waals surface area (Å²) in [5.41, 5.74) is 1.54. The van der Waals surface area contributed by atoms with Crippen LogP contribution in [0.25, 0.3) is 0 Å². The normalized spacial score (nSPS) is 17.7. The highest BCUT2D eigenvalue weighted by molar-refractivity contribution is 6.35. The number of ether oxygens (including phenoxy) is 2. The van der Waals surface area contributed by atoms with Gasteiger partial charge in [0.05, 0.1) is 18.3 Å². The SMILES string of the molecule is CC1=C(C(=O)OCCOC(C)C)[C@H](c2ccc(Cl)cc2Cl)CC(=O)N1. The van der Waals surface area contributed by atoms with E-state index in [4.69, 9.17) is 32.7 Å². The van der Waals surface area contributed by atoms with E-state index < -0.39 is 11.9 Å². The van der Waals surface area contributed by atoms with Crippen molar-refractivity contribution < 1.29 is 19.1 Å². The van der Waals surface area contributed by atoms with Crippen molar-refractivity contribution in [3.05, 3.63) is 45.1 Å². The predicted octanol–water partition coefficient (Wildman–Crippen LogP) is 3.84. The van der Waals surface area contributed by atoms with Gasteiger partial charge in [0.1, 0.15) is 6.61 Å². The first-order valence-corrected chi connectivity index (χ1v) is 8.79. The van der Waals surface area contributed by atoms with Crippen molar-refractivity contribution in [2.45, 2.75) is 39.2 Å². The van der Waals surface area contributed by atoms with Gasteiger partial charge in [-0.25, -0.2) is 4.79 Å². The zero-order chi connectivity index (χ0) is 18.6. The minimum atomic E-state index is -0.485. The molecule has 0 saturated carbocycles. The van der Waals surface area contributed by atoms with E-state index in [0.29, 0.717) is 33.5 Å². The largest absolute Gasteiger partial charge is 0.460 e. The zero-order valence-corrected chi connectivity index (χ0v) is 15.9. The smallest absolute Gasteiger partial charge is 0.336 e. The van der Waals surface area contributed by atoms with E-state index in [1.165, 1.54) is 0 Å². The van der Waals surface area contributed by atoms with Gasteiger partial charge in [-0.1, -0.05) is 29.3 Å². The summed E-state index contributed by atoms with van der Waals surface area (Å²) in [6, 6.07) is 5.01. The first kappa shape index (κ1) is 19.8. The fourth-order valence-electron chi connectivity index (χ4n) is 2.72. The molecule has 0 bridgehead atoms. The van der Waals surface area contributed by atoms with Crippen LogP contribution in [0.4, 0.5) is 0 Å². The molecule has 1 aromatic carbocycles. The molecule has 0 spiro atoms. The van der Waals surface area contributed by atoms with E-state index in [9.17, 15) is 9.59 Å². The molecule has 1 heterocycles. The first-order chi connectivity index (χ1) is 11.8. The average Bonchev–Trinajstić information content (AvgIpc) is 2.50. The second-order valence-electron chi connectivity index (χ2n) is 6.06. The lowest BCUT2D eigenvalue weighted by molar-refractivity contribution is -0.141. The minimum Gasteiger partial charge on any atom is -0.460 e. The Morgan fingerprint density at radius 1 is 1.32 bits per heavy atom. The van der Waals surface area contributed by atoms with E-state index in [1.54, 1.807) is 25.1 Å². The van der Waals surface area contributed by atoms with Crippen LogP contribution >= 0.6 is 23.2 Å². The number of carbonyl (C=O) groups is 2. The molecule has 0 aliphatic carbocycles. The zero-order valence-electron chi connectivity index (χ0n) is 14.4. The lowest BCUT2D eigenvalue weighted by Gasteiger charge is -2.27. The van der Waals surface area contributed by atoms with Crippen LogP contribution in [0, 0.1) is 0 Å². The van der Waals surface area contributed by atoms with E-state index in [1.807, 2.05) is 13.8 Å². The number of nitrogens with one attached hydrogen (secondary N) is 1. The Kier molecular flexibility index (Phi) is 6.87. The van der Waals surface area contributed by atoms with Gasteiger partial charge in [-0.3, -0.25) is 4.79 Å². The number of esters is 1. The van der Waals surface area contributed by atoms with Crippen LogP contribution in [0.2, 0.25) is 10.0 Å². The Bertz CT molecular complexity index is 700. The third-order valence-electron chi connectivity index (χ3n) is 3.79. The van der Waals surface area contributed by atoms with E-state index in [-0.39, 0.29) is 25.0 Å². The minimum absolute atomic E-state index is 0.0641. The molecule has 5 nitrogen and oxygen atoms in total. The van der Waals surface area contributed by atoms with Crippen molar-refractivity contribution >= 4 is 35.1 Å². The summed E-state index contributed by atoms with van der Waals surface area (Å²) >= 11 is 12.2. The summed E-state index contributed by atoms with van der Waals surface area (Å²) in [6.07, 6.45) is 0.181. The third-order valence-corrected chi connectivity index (χ3v) is 4.36. The van der Waals surface area contributed by atoms with Gasteiger partial charge in [-0.15, -0.1) is 0 Å². The maximum absolute atomic E-state index is 12.6. The highest BCUT2D eigenvalue weighted by Gasteiger charge is 2.33. The van der Waals surface area contributed by atoms with Crippen LogP contribution in [0.5, 0.6) is 0 Å². The Balaban J connectivity index is 2.23. The molecule has 0 fully saturated rings. The van der Waals surface area contributed by atoms with Crippen molar-refractivity contribution in [3.8, 4) is 0 Å². The molecule has 2 rings (SSSR count). The molecular formula is C18H21Cl2NO4. The molecule has 1 N–H and O–H groups in total. The molecule has 136 valence electrons. The summed E-state index contributed by atoms with van der Waals surface area (Å²) in [7, 11) is 0. The fourth-order valence-corrected chi connectivity index (χ4v) is 3.26. The monoisotopic (exact) mass is 385 g/mol. The average molecular weight is 386 g/mol. The molecule has 0 saturated heterocycles. The number of halogens is 2. The van der Waals surface area contributed by atoms with Crippen LogP contribution in [-0.2, 0) is 19.1 Å². The number of rotatable bonds is 6. The molecule has 7 heteroatoms. The van der Waals surface area contributed by atoms with Gasteiger partial charge < -0.3 is 14.8 Å². The van der Waals surface area contributed by atoms with Gasteiger partial charge >= 0.3 is 5.97 Å². The lowest BCUT2D eigenvalue weighted by Crippen LogP contribution is -2.34. The fraction of sp³-hybridized carbons (Fsp3) is 0.444. The number of allylic oxidation sites excluding steroid dienone is 1. The Labute approximate surface area is 157 Å². The van der Waals surface area contributed by atoms with E-state index >= 15 is 0 Å². The van der Waals surface area contributed by atoms with Gasteiger partial charge in [0.25, 0.3) is 0 Å². The first-order valence-electron chi connectivity index (χ1n) is 8.04. The highest BCUT2D eigenvalue weighted by Crippen LogP contribution is 2.37. The van der Waals surface area contributed by atoms with Crippen molar-refractivity contribution in [1.29, 1.82) is 0 Å². The molecule has 25 heavy (non-hydrogen) atoms. The molecule has 1 atom stereocenters. The summed E-state index contributed by atoms with van der Waals surface area (Å²) in [5, 5.41) is 3.59. The maximum atomic E-state index is 12.6. The van der Waals surface area contributed by atoms with Crippen LogP contribution < -0.4 is 5.32 Å². The molecule has 0 unspecified atom stereocenters. The molecule has 1 amide bonds. The van der Waals surface area contributed by atoms with Crippen LogP contribution in [-0.4, -0.2) is 31.2 Å². The lowest BCUT2D eigenvalue weighted by atomic mass is 9.84. The second kappa shape index (κ2) is 8.70. The predicted molar refractivity (Wildman–Crippen MR) is 96.7 cm³/mol. The van der Waals surface area contributed by atoms with Gasteiger partial charge in [0.15, 0.2) is 0 Å². The third kappa shape index (κ3) is 5.21. The summed E-state index contributed by atoms with van der Waals surface area (Å²) in [5.74, 6) is -1.13. The van der Waals surface area contributed by atoms with Gasteiger partial charge in [0, 0.05) is 28.1 Å². The van der Waals surface area contributed by atoms with Crippen molar-refractivity contribution in [3.63, 3.8) is 0 Å². The van der Waals surface area contributed by atoms with Gasteiger partial charge in [0.2, 0.25) is 5.91 Å². The number of hydrogen-bond donors (Lipinski definition) is 1. The van der Waals surface area contributed by atoms with Crippen molar-refractivity contribution in [2.24, 2.45) is 0 Å². The van der Waals surface area contributed by atoms with E-state index in [2.05, 4.69) is 5.32 Å². The number of benzene rings is 1. The molecule has 0 aromatic heterocycles. The molecular weight excluding hydrogens is 365 g/mol. The molecule has 1 aromatic rings. The Morgan fingerprint density at radius 3 is 2.68 bits per heavy atom. The number of hydrogen-bond acceptors (Lipinski definition) is 4. The van der Waals surface area contributed by atoms with Crippen LogP contribution in [0.1, 0.15) is 38.7 Å². The molecule has 1 aliphatic heterocycles. The quantitative estimate of drug-likeness (QED) is 0.596. The molecule has 1 aliphatic rings. The summed E-state index contributed by atoms with van der Waals surface area (Å²) < 4.78 is 10.7. The topological polar surface area (TPSA) is 64.6 Å². The molecule has 0 radical (unpaired) electrons. The van der Waals surface area contributed by atoms with Crippen LogP contribution in [0.3, 0.4) is 0 Å².